The summed E-state index contributed by atoms with van der Waals surface area (Å²) in [5, 5.41) is 3.32. The molecule has 2 nitrogen and oxygen atoms in total. The van der Waals surface area contributed by atoms with E-state index < -0.39 is 0 Å². The van der Waals surface area contributed by atoms with E-state index in [1.54, 1.807) is 0 Å². The van der Waals surface area contributed by atoms with E-state index in [0.717, 1.165) is 0 Å². The maximum atomic E-state index is 3.32. The zero-order valence-corrected chi connectivity index (χ0v) is 7.74. The first-order chi connectivity index (χ1) is 3.71. The molecule has 0 spiro atoms. The van der Waals surface area contributed by atoms with Gasteiger partial charge in [-0.25, -0.2) is 0 Å². The lowest BCUT2D eigenvalue weighted by Crippen LogP contribution is -3.00. The van der Waals surface area contributed by atoms with Crippen LogP contribution >= 0.6 is 0 Å². The molecule has 0 atom stereocenters. The fourth-order valence-corrected chi connectivity index (χ4v) is 1.00. The monoisotopic (exact) mass is 194 g/mol. The Balaban J connectivity index is 0.000000640. The van der Waals surface area contributed by atoms with E-state index in [1.807, 2.05) is 0 Å². The van der Waals surface area contributed by atoms with Gasteiger partial charge in [-0.05, 0) is 0 Å². The summed E-state index contributed by atoms with van der Waals surface area (Å²) in [6.45, 7) is 4.93. The number of hydrogen-bond acceptors (Lipinski definition) is 1. The molecule has 1 aliphatic heterocycles. The lowest BCUT2D eigenvalue weighted by Gasteiger charge is -2.33. The fraction of sp³-hybridized carbons (Fsp3) is 1.00. The van der Waals surface area contributed by atoms with Gasteiger partial charge in [0.1, 0.15) is 0 Å². The molecule has 0 aromatic carbocycles. The molecule has 0 aromatic heterocycles. The van der Waals surface area contributed by atoms with Crippen LogP contribution in [0.2, 0.25) is 0 Å². The van der Waals surface area contributed by atoms with Crippen molar-refractivity contribution in [2.24, 2.45) is 0 Å². The van der Waals surface area contributed by atoms with Crippen LogP contribution in [0.25, 0.3) is 0 Å². The second kappa shape index (κ2) is 3.54. The average Bonchev–Trinajstić information content (AvgIpc) is 1.65. The molecule has 9 heavy (non-hydrogen) atoms. The quantitative estimate of drug-likeness (QED) is 0.399. The molecule has 0 unspecified atom stereocenters. The smallest absolute Gasteiger partial charge is 0.0909 e. The Morgan fingerprint density at radius 2 is 1.56 bits per heavy atom. The number of quaternary nitrogens is 1. The Morgan fingerprint density at radius 1 is 1.11 bits per heavy atom. The van der Waals surface area contributed by atoms with E-state index in [2.05, 4.69) is 19.4 Å². The molecule has 0 radical (unpaired) electrons. The van der Waals surface area contributed by atoms with E-state index in [4.69, 9.17) is 0 Å². The predicted octanol–water partition coefficient (Wildman–Crippen LogP) is -3.33. The van der Waals surface area contributed by atoms with Crippen molar-refractivity contribution in [3.05, 3.63) is 0 Å². The van der Waals surface area contributed by atoms with E-state index in [-0.39, 0.29) is 17.0 Å². The van der Waals surface area contributed by atoms with Crippen molar-refractivity contribution in [2.75, 3.05) is 40.3 Å². The first kappa shape index (κ1) is 9.40. The summed E-state index contributed by atoms with van der Waals surface area (Å²) < 4.78 is 1.19. The molecule has 1 rings (SSSR count). The maximum Gasteiger partial charge on any atom is 0.0909 e. The van der Waals surface area contributed by atoms with Gasteiger partial charge >= 0.3 is 0 Å². The largest absolute Gasteiger partial charge is 1.00 e. The second-order valence-electron chi connectivity index (χ2n) is 3.13. The van der Waals surface area contributed by atoms with Crippen LogP contribution in [0.1, 0.15) is 0 Å². The van der Waals surface area contributed by atoms with E-state index in [9.17, 15) is 0 Å². The highest BCUT2D eigenvalue weighted by Gasteiger charge is 2.17. The van der Waals surface area contributed by atoms with Crippen molar-refractivity contribution >= 4 is 0 Å². The minimum absolute atomic E-state index is 0. The van der Waals surface area contributed by atoms with Gasteiger partial charge in [0.15, 0.2) is 0 Å². The number of hydrogen-bond donors (Lipinski definition) is 1. The summed E-state index contributed by atoms with van der Waals surface area (Å²) in [4.78, 5) is 0. The summed E-state index contributed by atoms with van der Waals surface area (Å²) >= 11 is 0. The molecule has 1 fully saturated rings. The first-order valence-electron chi connectivity index (χ1n) is 3.23. The van der Waals surface area contributed by atoms with Crippen LogP contribution in [0, 0.1) is 0 Å². The molecule has 1 aliphatic rings. The third-order valence-corrected chi connectivity index (χ3v) is 1.79. The van der Waals surface area contributed by atoms with E-state index in [0.29, 0.717) is 0 Å². The summed E-state index contributed by atoms with van der Waals surface area (Å²) in [7, 11) is 4.56. The summed E-state index contributed by atoms with van der Waals surface area (Å²) in [5.74, 6) is 0. The van der Waals surface area contributed by atoms with Gasteiger partial charge in [-0.2, -0.15) is 0 Å². The number of nitrogens with zero attached hydrogens (tertiary/aromatic N) is 1. The standard InChI is InChI=1S/C6H15N2.BrH/c1-8(2)5-3-7-4-6-8;/h7H,3-6H2,1-2H3;1H/q+1;/p-1. The zero-order valence-electron chi connectivity index (χ0n) is 6.15. The Hall–Kier alpha value is 0.400. The highest BCUT2D eigenvalue weighted by molar-refractivity contribution is 4.51. The number of rotatable bonds is 0. The molecule has 0 aliphatic carbocycles. The fourth-order valence-electron chi connectivity index (χ4n) is 1.00. The van der Waals surface area contributed by atoms with Crippen LogP contribution in [-0.4, -0.2) is 44.8 Å². The van der Waals surface area contributed by atoms with Crippen LogP contribution in [-0.2, 0) is 0 Å². The topological polar surface area (TPSA) is 12.0 Å². The molecule has 1 saturated heterocycles. The Labute approximate surface area is 67.6 Å². The van der Waals surface area contributed by atoms with E-state index in [1.165, 1.54) is 30.7 Å². The summed E-state index contributed by atoms with van der Waals surface area (Å²) in [6.07, 6.45) is 0. The van der Waals surface area contributed by atoms with E-state index >= 15 is 0 Å². The second-order valence-corrected chi connectivity index (χ2v) is 3.13. The van der Waals surface area contributed by atoms with Crippen molar-refractivity contribution in [3.8, 4) is 0 Å². The van der Waals surface area contributed by atoms with Gasteiger partial charge in [-0.3, -0.25) is 0 Å². The predicted molar refractivity (Wildman–Crippen MR) is 34.7 cm³/mol. The minimum Gasteiger partial charge on any atom is -1.00 e. The van der Waals surface area contributed by atoms with Crippen LogP contribution in [0.5, 0.6) is 0 Å². The molecule has 0 aromatic rings. The highest BCUT2D eigenvalue weighted by Crippen LogP contribution is 1.96. The van der Waals surface area contributed by atoms with Gasteiger partial charge in [-0.15, -0.1) is 0 Å². The van der Waals surface area contributed by atoms with Crippen LogP contribution < -0.4 is 22.3 Å². The van der Waals surface area contributed by atoms with Gasteiger partial charge in [0.05, 0.1) is 27.2 Å². The third-order valence-electron chi connectivity index (χ3n) is 1.79. The lowest BCUT2D eigenvalue weighted by atomic mass is 10.3. The van der Waals surface area contributed by atoms with Gasteiger partial charge in [-0.1, -0.05) is 0 Å². The van der Waals surface area contributed by atoms with Crippen LogP contribution in [0.15, 0.2) is 0 Å². The van der Waals surface area contributed by atoms with Gasteiger partial charge < -0.3 is 26.8 Å². The normalized spacial score (nSPS) is 24.7. The molecule has 1 heterocycles. The summed E-state index contributed by atoms with van der Waals surface area (Å²) in [6, 6.07) is 0. The average molecular weight is 195 g/mol. The molecule has 0 amide bonds. The van der Waals surface area contributed by atoms with Crippen molar-refractivity contribution in [1.82, 2.24) is 5.32 Å². The molecule has 0 bridgehead atoms. The maximum absolute atomic E-state index is 3.32. The Morgan fingerprint density at radius 3 is 1.78 bits per heavy atom. The SMILES string of the molecule is C[N+]1(C)CCNCC1.[Br-]. The van der Waals surface area contributed by atoms with Gasteiger partial charge in [0.2, 0.25) is 0 Å². The van der Waals surface area contributed by atoms with Gasteiger partial charge in [0.25, 0.3) is 0 Å². The molecule has 3 heteroatoms. The molecule has 1 N–H and O–H groups in total. The highest BCUT2D eigenvalue weighted by atomic mass is 79.9. The molecular weight excluding hydrogens is 180 g/mol. The Kier molecular flexibility index (Phi) is 3.70. The number of likely N-dealkylation sites (N-methyl/N-ethyl adjacent to an activating group) is 1. The lowest BCUT2D eigenvalue weighted by molar-refractivity contribution is -0.891. The molecule has 0 saturated carbocycles. The van der Waals surface area contributed by atoms with Crippen molar-refractivity contribution < 1.29 is 21.5 Å². The van der Waals surface area contributed by atoms with Crippen molar-refractivity contribution in [3.63, 3.8) is 0 Å². The zero-order chi connectivity index (χ0) is 6.04. The van der Waals surface area contributed by atoms with Crippen molar-refractivity contribution in [1.29, 1.82) is 0 Å². The number of halogens is 1. The summed E-state index contributed by atoms with van der Waals surface area (Å²) in [5.41, 5.74) is 0. The number of piperazine rings is 1. The molecule has 56 valence electrons. The van der Waals surface area contributed by atoms with Crippen molar-refractivity contribution in [2.45, 2.75) is 0 Å². The van der Waals surface area contributed by atoms with Gasteiger partial charge in [0, 0.05) is 13.1 Å². The number of nitrogens with one attached hydrogen (secondary N) is 1. The molecular formula is C6H15BrN2. The Bertz CT molecular complexity index is 75.1. The minimum atomic E-state index is 0. The van der Waals surface area contributed by atoms with Crippen LogP contribution in [0.4, 0.5) is 0 Å². The third kappa shape index (κ3) is 3.18. The van der Waals surface area contributed by atoms with Crippen LogP contribution in [0.3, 0.4) is 0 Å². The first-order valence-corrected chi connectivity index (χ1v) is 3.23.